The normalized spacial score (nSPS) is 15.2. The van der Waals surface area contributed by atoms with E-state index in [-0.39, 0.29) is 17.9 Å². The molecule has 7 nitrogen and oxygen atoms in total. The van der Waals surface area contributed by atoms with Crippen molar-refractivity contribution >= 4 is 11.8 Å². The maximum atomic E-state index is 12.6. The van der Waals surface area contributed by atoms with Crippen LogP contribution in [-0.2, 0) is 16.0 Å². The summed E-state index contributed by atoms with van der Waals surface area (Å²) in [4.78, 5) is 29.2. The third-order valence-electron chi connectivity index (χ3n) is 5.85. The maximum Gasteiger partial charge on any atom is 0.234 e. The highest BCUT2D eigenvalue weighted by atomic mass is 16.5. The zero-order valence-electron chi connectivity index (χ0n) is 19.4. The fourth-order valence-electron chi connectivity index (χ4n) is 3.89. The fourth-order valence-corrected chi connectivity index (χ4v) is 3.89. The van der Waals surface area contributed by atoms with Gasteiger partial charge in [-0.15, -0.1) is 0 Å². The van der Waals surface area contributed by atoms with Crippen LogP contribution in [0.15, 0.2) is 42.5 Å². The van der Waals surface area contributed by atoms with Crippen LogP contribution in [0.1, 0.15) is 29.7 Å². The number of ether oxygens (including phenoxy) is 2. The van der Waals surface area contributed by atoms with E-state index < -0.39 is 0 Å². The Bertz CT molecular complexity index is 921. The Morgan fingerprint density at radius 2 is 1.69 bits per heavy atom. The summed E-state index contributed by atoms with van der Waals surface area (Å²) in [5, 5.41) is 3.04. The van der Waals surface area contributed by atoms with Crippen molar-refractivity contribution in [2.75, 3.05) is 46.9 Å². The van der Waals surface area contributed by atoms with Gasteiger partial charge in [-0.1, -0.05) is 29.8 Å². The van der Waals surface area contributed by atoms with Crippen LogP contribution in [0.3, 0.4) is 0 Å². The number of amides is 2. The van der Waals surface area contributed by atoms with Crippen LogP contribution in [0.5, 0.6) is 11.5 Å². The van der Waals surface area contributed by atoms with Crippen LogP contribution in [0.2, 0.25) is 0 Å². The molecule has 0 radical (unpaired) electrons. The Morgan fingerprint density at radius 3 is 2.31 bits per heavy atom. The van der Waals surface area contributed by atoms with Crippen molar-refractivity contribution < 1.29 is 19.1 Å². The number of nitrogens with one attached hydrogen (secondary N) is 1. The summed E-state index contributed by atoms with van der Waals surface area (Å²) >= 11 is 0. The number of aryl methyl sites for hydroxylation is 1. The van der Waals surface area contributed by atoms with E-state index in [9.17, 15) is 9.59 Å². The van der Waals surface area contributed by atoms with Crippen molar-refractivity contribution in [2.45, 2.75) is 26.3 Å². The van der Waals surface area contributed by atoms with Gasteiger partial charge in [-0.25, -0.2) is 0 Å². The number of hydrogen-bond acceptors (Lipinski definition) is 5. The van der Waals surface area contributed by atoms with E-state index in [1.807, 2.05) is 61.2 Å². The van der Waals surface area contributed by atoms with Crippen LogP contribution in [0, 0.1) is 6.92 Å². The van der Waals surface area contributed by atoms with Gasteiger partial charge in [0.05, 0.1) is 33.2 Å². The third-order valence-corrected chi connectivity index (χ3v) is 5.85. The topological polar surface area (TPSA) is 71.1 Å². The van der Waals surface area contributed by atoms with Gasteiger partial charge in [0.1, 0.15) is 11.5 Å². The summed E-state index contributed by atoms with van der Waals surface area (Å²) in [5.74, 6) is 1.51. The molecular weight excluding hydrogens is 406 g/mol. The lowest BCUT2D eigenvalue weighted by Gasteiger charge is -2.34. The fraction of sp³-hybridized carbons (Fsp3) is 0.440. The summed E-state index contributed by atoms with van der Waals surface area (Å²) in [7, 11) is 3.22. The van der Waals surface area contributed by atoms with Crippen LogP contribution in [-0.4, -0.2) is 68.6 Å². The summed E-state index contributed by atoms with van der Waals surface area (Å²) in [6, 6.07) is 13.4. The molecule has 1 N–H and O–H groups in total. The monoisotopic (exact) mass is 439 g/mol. The molecule has 1 heterocycles. The molecule has 0 saturated carbocycles. The maximum absolute atomic E-state index is 12.6. The van der Waals surface area contributed by atoms with Gasteiger partial charge in [-0.3, -0.25) is 14.5 Å². The molecule has 0 aliphatic carbocycles. The number of piperazine rings is 1. The largest absolute Gasteiger partial charge is 0.497 e. The second kappa shape index (κ2) is 11.0. The minimum absolute atomic E-state index is 0.0539. The highest BCUT2D eigenvalue weighted by Gasteiger charge is 2.23. The number of hydrogen-bond donors (Lipinski definition) is 1. The SMILES string of the molecule is COc1ccc(OC)c(C(C)NC(=O)CN2CCN(C(=O)Cc3ccc(C)cc3)CC2)c1. The number of benzene rings is 2. The first kappa shape index (κ1) is 23.6. The Balaban J connectivity index is 1.47. The molecule has 0 spiro atoms. The number of nitrogens with zero attached hydrogens (tertiary/aromatic N) is 2. The summed E-state index contributed by atoms with van der Waals surface area (Å²) in [6.07, 6.45) is 0.417. The average Bonchev–Trinajstić information content (AvgIpc) is 2.80. The molecule has 1 fully saturated rings. The number of rotatable bonds is 8. The number of methoxy groups -OCH3 is 2. The van der Waals surface area contributed by atoms with Gasteiger partial charge in [0.25, 0.3) is 0 Å². The molecule has 1 atom stereocenters. The van der Waals surface area contributed by atoms with Gasteiger partial charge in [0.15, 0.2) is 0 Å². The van der Waals surface area contributed by atoms with Crippen molar-refractivity contribution in [3.05, 3.63) is 59.2 Å². The molecule has 3 rings (SSSR count). The van der Waals surface area contributed by atoms with Crippen molar-refractivity contribution in [3.63, 3.8) is 0 Å². The molecule has 2 amide bonds. The standard InChI is InChI=1S/C25H33N3O4/c1-18-5-7-20(8-6-18)15-25(30)28-13-11-27(12-14-28)17-24(29)26-19(2)22-16-21(31-3)9-10-23(22)32-4/h5-10,16,19H,11-15,17H2,1-4H3,(H,26,29). The van der Waals surface area contributed by atoms with Gasteiger partial charge in [-0.2, -0.15) is 0 Å². The predicted molar refractivity (Wildman–Crippen MR) is 124 cm³/mol. The molecule has 1 saturated heterocycles. The van der Waals surface area contributed by atoms with Crippen molar-refractivity contribution in [1.29, 1.82) is 0 Å². The lowest BCUT2D eigenvalue weighted by atomic mass is 10.1. The van der Waals surface area contributed by atoms with Crippen molar-refractivity contribution in [3.8, 4) is 11.5 Å². The van der Waals surface area contributed by atoms with Crippen LogP contribution in [0.25, 0.3) is 0 Å². The average molecular weight is 440 g/mol. The first-order chi connectivity index (χ1) is 15.4. The molecular formula is C25H33N3O4. The minimum Gasteiger partial charge on any atom is -0.497 e. The number of carbonyl (C=O) groups is 2. The third kappa shape index (κ3) is 6.23. The Hall–Kier alpha value is -3.06. The van der Waals surface area contributed by atoms with Gasteiger partial charge in [-0.05, 0) is 37.6 Å². The van der Waals surface area contributed by atoms with E-state index in [1.54, 1.807) is 14.2 Å². The van der Waals surface area contributed by atoms with E-state index in [1.165, 1.54) is 5.56 Å². The summed E-state index contributed by atoms with van der Waals surface area (Å²) in [6.45, 7) is 6.91. The Labute approximate surface area is 190 Å². The second-order valence-electron chi connectivity index (χ2n) is 8.22. The molecule has 0 bridgehead atoms. The summed E-state index contributed by atoms with van der Waals surface area (Å²) in [5.41, 5.74) is 3.09. The molecule has 2 aromatic carbocycles. The Morgan fingerprint density at radius 1 is 1.00 bits per heavy atom. The van der Waals surface area contributed by atoms with Gasteiger partial charge >= 0.3 is 0 Å². The molecule has 1 aliphatic heterocycles. The predicted octanol–water partition coefficient (Wildman–Crippen LogP) is 2.58. The van der Waals surface area contributed by atoms with E-state index in [0.717, 1.165) is 11.1 Å². The highest BCUT2D eigenvalue weighted by Crippen LogP contribution is 2.29. The van der Waals surface area contributed by atoms with E-state index in [2.05, 4.69) is 10.2 Å². The van der Waals surface area contributed by atoms with E-state index in [4.69, 9.17) is 9.47 Å². The first-order valence-corrected chi connectivity index (χ1v) is 11.0. The quantitative estimate of drug-likeness (QED) is 0.685. The molecule has 0 aromatic heterocycles. The molecule has 2 aromatic rings. The smallest absolute Gasteiger partial charge is 0.234 e. The van der Waals surface area contributed by atoms with Gasteiger partial charge in [0.2, 0.25) is 11.8 Å². The lowest BCUT2D eigenvalue weighted by Crippen LogP contribution is -2.51. The van der Waals surface area contributed by atoms with Crippen molar-refractivity contribution in [2.24, 2.45) is 0 Å². The molecule has 1 aliphatic rings. The number of carbonyl (C=O) groups excluding carboxylic acids is 2. The van der Waals surface area contributed by atoms with Crippen molar-refractivity contribution in [1.82, 2.24) is 15.1 Å². The van der Waals surface area contributed by atoms with Gasteiger partial charge in [0, 0.05) is 31.7 Å². The van der Waals surface area contributed by atoms with E-state index >= 15 is 0 Å². The van der Waals surface area contributed by atoms with Crippen LogP contribution in [0.4, 0.5) is 0 Å². The van der Waals surface area contributed by atoms with Crippen LogP contribution < -0.4 is 14.8 Å². The minimum atomic E-state index is -0.218. The zero-order valence-corrected chi connectivity index (χ0v) is 19.4. The Kier molecular flexibility index (Phi) is 8.11. The van der Waals surface area contributed by atoms with E-state index in [0.29, 0.717) is 50.6 Å². The zero-order chi connectivity index (χ0) is 23.1. The molecule has 1 unspecified atom stereocenters. The van der Waals surface area contributed by atoms with Gasteiger partial charge < -0.3 is 19.7 Å². The van der Waals surface area contributed by atoms with Crippen LogP contribution >= 0.6 is 0 Å². The molecule has 7 heteroatoms. The second-order valence-corrected chi connectivity index (χ2v) is 8.22. The molecule has 32 heavy (non-hydrogen) atoms. The highest BCUT2D eigenvalue weighted by molar-refractivity contribution is 5.80. The first-order valence-electron chi connectivity index (χ1n) is 11.0. The summed E-state index contributed by atoms with van der Waals surface area (Å²) < 4.78 is 10.7. The molecule has 172 valence electrons. The lowest BCUT2D eigenvalue weighted by molar-refractivity contribution is -0.132.